The first-order chi connectivity index (χ1) is 30.7. The fraction of sp³-hybridized carbons (Fsp3) is 0. The summed E-state index contributed by atoms with van der Waals surface area (Å²) in [6, 6.07) is 77.5. The molecule has 0 fully saturated rings. The van der Waals surface area contributed by atoms with E-state index in [-0.39, 0.29) is 0 Å². The number of nitrogens with zero attached hydrogens (tertiary/aromatic N) is 4. The van der Waals surface area contributed by atoms with Crippen LogP contribution in [0.25, 0.3) is 115 Å². The summed E-state index contributed by atoms with van der Waals surface area (Å²) in [4.78, 5) is 15.7. The van der Waals surface area contributed by atoms with E-state index in [0.717, 1.165) is 66.8 Å². The zero-order valence-electron chi connectivity index (χ0n) is 33.5. The Morgan fingerprint density at radius 1 is 0.274 bits per heavy atom. The first-order valence-corrected chi connectivity index (χ1v) is 21.7. The molecular formula is C57H36N4S. The molecule has 0 aliphatic carbocycles. The Bertz CT molecular complexity index is 3490. The number of benzene rings is 9. The van der Waals surface area contributed by atoms with Crippen molar-refractivity contribution in [2.75, 3.05) is 0 Å². The molecule has 12 aromatic rings. The van der Waals surface area contributed by atoms with E-state index in [4.69, 9.17) is 15.0 Å². The van der Waals surface area contributed by atoms with Crippen LogP contribution in [0.1, 0.15) is 0 Å². The van der Waals surface area contributed by atoms with Crippen LogP contribution in [0.2, 0.25) is 0 Å². The number of thiophene rings is 1. The summed E-state index contributed by atoms with van der Waals surface area (Å²) in [6.07, 6.45) is 0. The van der Waals surface area contributed by atoms with Crippen molar-refractivity contribution in [2.45, 2.75) is 0 Å². The molecule has 0 bridgehead atoms. The molecule has 5 heteroatoms. The molecule has 0 aliphatic rings. The van der Waals surface area contributed by atoms with Crippen LogP contribution in [0.5, 0.6) is 0 Å². The topological polar surface area (TPSA) is 43.6 Å². The molecule has 290 valence electrons. The molecule has 0 amide bonds. The Hall–Kier alpha value is -7.99. The van der Waals surface area contributed by atoms with Gasteiger partial charge >= 0.3 is 0 Å². The van der Waals surface area contributed by atoms with Crippen LogP contribution in [-0.4, -0.2) is 19.5 Å². The van der Waals surface area contributed by atoms with Crippen LogP contribution < -0.4 is 0 Å². The Kier molecular flexibility index (Phi) is 8.65. The fourth-order valence-electron chi connectivity index (χ4n) is 8.78. The third-order valence-electron chi connectivity index (χ3n) is 11.8. The Morgan fingerprint density at radius 3 is 1.32 bits per heavy atom. The number of hydrogen-bond donors (Lipinski definition) is 0. The summed E-state index contributed by atoms with van der Waals surface area (Å²) >= 11 is 1.85. The molecule has 0 radical (unpaired) electrons. The average molecular weight is 809 g/mol. The molecule has 0 saturated heterocycles. The SMILES string of the molecule is c1ccc(-c2ccc(-c3nc(-c4ccc(-c5ccccc5)cc4)nc(-c4cc(-c5ccccc5)cc(-n5c6ccccc6c6cc7c(cc65)sc5ccccc57)c4)n3)cc2)cc1. The molecule has 0 aliphatic heterocycles. The molecular weight excluding hydrogens is 773 g/mol. The predicted octanol–water partition coefficient (Wildman–Crippen LogP) is 15.3. The largest absolute Gasteiger partial charge is 0.309 e. The van der Waals surface area contributed by atoms with Gasteiger partial charge in [0.25, 0.3) is 0 Å². The van der Waals surface area contributed by atoms with E-state index < -0.39 is 0 Å². The van der Waals surface area contributed by atoms with Crippen LogP contribution >= 0.6 is 11.3 Å². The van der Waals surface area contributed by atoms with Crippen molar-refractivity contribution in [3.8, 4) is 73.2 Å². The molecule has 0 atom stereocenters. The molecule has 3 heterocycles. The standard InChI is InChI=1S/C57H36N4S/c1-4-14-37(15-5-1)40-24-28-42(29-25-40)55-58-56(43-30-26-41(27-31-43)38-16-6-2-7-17-38)60-57(59-55)45-32-44(39-18-8-3-9-19-39)33-46(34-45)61-51-22-12-10-20-47(51)49-35-50-48-21-11-13-23-53(48)62-54(50)36-52(49)61/h1-36H. The number of aromatic nitrogens is 4. The first kappa shape index (κ1) is 35.9. The summed E-state index contributed by atoms with van der Waals surface area (Å²) in [6.45, 7) is 0. The maximum atomic E-state index is 5.28. The lowest BCUT2D eigenvalue weighted by Gasteiger charge is -2.14. The molecule has 12 rings (SSSR count). The molecule has 62 heavy (non-hydrogen) atoms. The monoisotopic (exact) mass is 808 g/mol. The maximum absolute atomic E-state index is 5.28. The van der Waals surface area contributed by atoms with E-state index in [0.29, 0.717) is 17.5 Å². The molecule has 0 spiro atoms. The third-order valence-corrected chi connectivity index (χ3v) is 13.0. The number of rotatable bonds is 7. The highest BCUT2D eigenvalue weighted by Crippen LogP contribution is 2.42. The highest BCUT2D eigenvalue weighted by molar-refractivity contribution is 7.25. The highest BCUT2D eigenvalue weighted by Gasteiger charge is 2.19. The Morgan fingerprint density at radius 2 is 0.726 bits per heavy atom. The lowest BCUT2D eigenvalue weighted by atomic mass is 10.0. The molecule has 3 aromatic heterocycles. The van der Waals surface area contributed by atoms with E-state index in [2.05, 4.69) is 211 Å². The fourth-order valence-corrected chi connectivity index (χ4v) is 9.90. The lowest BCUT2D eigenvalue weighted by molar-refractivity contribution is 1.07. The molecule has 4 nitrogen and oxygen atoms in total. The number of para-hydroxylation sites is 1. The van der Waals surface area contributed by atoms with Gasteiger partial charge in [0.15, 0.2) is 17.5 Å². The van der Waals surface area contributed by atoms with Gasteiger partial charge in [0.1, 0.15) is 0 Å². The van der Waals surface area contributed by atoms with Gasteiger partial charge in [0.05, 0.1) is 11.0 Å². The van der Waals surface area contributed by atoms with E-state index in [1.165, 1.54) is 30.9 Å². The molecule has 0 unspecified atom stereocenters. The molecule has 9 aromatic carbocycles. The minimum Gasteiger partial charge on any atom is -0.309 e. The summed E-state index contributed by atoms with van der Waals surface area (Å²) in [5.74, 6) is 1.84. The minimum absolute atomic E-state index is 0.607. The van der Waals surface area contributed by atoms with Crippen LogP contribution in [0.4, 0.5) is 0 Å². The van der Waals surface area contributed by atoms with Crippen molar-refractivity contribution in [1.29, 1.82) is 0 Å². The Labute approximate surface area is 362 Å². The van der Waals surface area contributed by atoms with E-state index in [1.807, 2.05) is 23.5 Å². The van der Waals surface area contributed by atoms with E-state index >= 15 is 0 Å². The van der Waals surface area contributed by atoms with Crippen molar-refractivity contribution in [2.24, 2.45) is 0 Å². The molecule has 0 N–H and O–H groups in total. The van der Waals surface area contributed by atoms with Crippen LogP contribution in [0.15, 0.2) is 218 Å². The summed E-state index contributed by atoms with van der Waals surface area (Å²) in [5, 5.41) is 5.03. The zero-order chi connectivity index (χ0) is 41.0. The smallest absolute Gasteiger partial charge is 0.164 e. The average Bonchev–Trinajstić information content (AvgIpc) is 3.88. The molecule has 0 saturated carbocycles. The van der Waals surface area contributed by atoms with Crippen molar-refractivity contribution >= 4 is 53.3 Å². The second-order valence-electron chi connectivity index (χ2n) is 15.6. The number of fused-ring (bicyclic) bond motifs is 6. The Balaban J connectivity index is 1.07. The van der Waals surface area contributed by atoms with Crippen molar-refractivity contribution < 1.29 is 0 Å². The summed E-state index contributed by atoms with van der Waals surface area (Å²) in [5.41, 5.74) is 12.9. The van der Waals surface area contributed by atoms with Crippen molar-refractivity contribution in [1.82, 2.24) is 19.5 Å². The van der Waals surface area contributed by atoms with Gasteiger partial charge in [-0.15, -0.1) is 11.3 Å². The number of hydrogen-bond acceptors (Lipinski definition) is 4. The quantitative estimate of drug-likeness (QED) is 0.161. The van der Waals surface area contributed by atoms with Crippen LogP contribution in [0, 0.1) is 0 Å². The van der Waals surface area contributed by atoms with Crippen LogP contribution in [-0.2, 0) is 0 Å². The van der Waals surface area contributed by atoms with Crippen LogP contribution in [0.3, 0.4) is 0 Å². The third kappa shape index (κ3) is 6.35. The van der Waals surface area contributed by atoms with Crippen molar-refractivity contribution in [3.63, 3.8) is 0 Å². The van der Waals surface area contributed by atoms with E-state index in [9.17, 15) is 0 Å². The lowest BCUT2D eigenvalue weighted by Crippen LogP contribution is -2.02. The second kappa shape index (κ2) is 14.9. The van der Waals surface area contributed by atoms with Gasteiger partial charge in [-0.3, -0.25) is 0 Å². The predicted molar refractivity (Wildman–Crippen MR) is 260 cm³/mol. The summed E-state index contributed by atoms with van der Waals surface area (Å²) in [7, 11) is 0. The van der Waals surface area contributed by atoms with Gasteiger partial charge < -0.3 is 4.57 Å². The zero-order valence-corrected chi connectivity index (χ0v) is 34.3. The first-order valence-electron chi connectivity index (χ1n) is 20.8. The van der Waals surface area contributed by atoms with Gasteiger partial charge in [-0.05, 0) is 75.8 Å². The van der Waals surface area contributed by atoms with Gasteiger partial charge in [-0.1, -0.05) is 176 Å². The highest BCUT2D eigenvalue weighted by atomic mass is 32.1. The minimum atomic E-state index is 0.607. The second-order valence-corrected chi connectivity index (χ2v) is 16.7. The van der Waals surface area contributed by atoms with Gasteiger partial charge in [-0.25, -0.2) is 15.0 Å². The van der Waals surface area contributed by atoms with Gasteiger partial charge in [0, 0.05) is 53.3 Å². The van der Waals surface area contributed by atoms with Gasteiger partial charge in [0.2, 0.25) is 0 Å². The van der Waals surface area contributed by atoms with Crippen molar-refractivity contribution in [3.05, 3.63) is 218 Å². The van der Waals surface area contributed by atoms with Gasteiger partial charge in [-0.2, -0.15) is 0 Å². The summed E-state index contributed by atoms with van der Waals surface area (Å²) < 4.78 is 4.98. The normalized spacial score (nSPS) is 11.5. The maximum Gasteiger partial charge on any atom is 0.164 e. The van der Waals surface area contributed by atoms with E-state index in [1.54, 1.807) is 0 Å².